The fourth-order valence-corrected chi connectivity index (χ4v) is 2.38. The van der Waals surface area contributed by atoms with Crippen molar-refractivity contribution in [2.45, 2.75) is 6.92 Å². The molecule has 2 amide bonds. The number of nitrogens with one attached hydrogen (secondary N) is 2. The maximum Gasteiger partial charge on any atom is 0.273 e. The first-order chi connectivity index (χ1) is 11.6. The minimum absolute atomic E-state index is 0.281. The maximum atomic E-state index is 11.8. The van der Waals surface area contributed by atoms with Gasteiger partial charge in [0.25, 0.3) is 11.8 Å². The lowest BCUT2D eigenvalue weighted by Crippen LogP contribution is -2.40. The number of hydrazine groups is 1. The molecule has 0 fully saturated rings. The molecule has 24 heavy (non-hydrogen) atoms. The van der Waals surface area contributed by atoms with Crippen LogP contribution in [-0.2, 0) is 4.79 Å². The molecule has 0 aliphatic heterocycles. The van der Waals surface area contributed by atoms with E-state index in [2.05, 4.69) is 15.8 Å². The Bertz CT molecular complexity index is 942. The molecule has 3 aromatic heterocycles. The average Bonchev–Trinajstić information content (AvgIpc) is 3.13. The number of imidazole rings is 1. The molecule has 0 spiro atoms. The highest BCUT2D eigenvalue weighted by molar-refractivity contribution is 6.31. The average molecular weight is 345 g/mol. The monoisotopic (exact) mass is 344 g/mol. The van der Waals surface area contributed by atoms with E-state index in [9.17, 15) is 9.59 Å². The van der Waals surface area contributed by atoms with Crippen LogP contribution in [0.15, 0.2) is 47.2 Å². The molecular formula is C16H13ClN4O3. The van der Waals surface area contributed by atoms with Crippen LogP contribution in [0, 0.1) is 6.92 Å². The van der Waals surface area contributed by atoms with Gasteiger partial charge < -0.3 is 4.42 Å². The van der Waals surface area contributed by atoms with Gasteiger partial charge in [-0.2, -0.15) is 0 Å². The zero-order valence-electron chi connectivity index (χ0n) is 12.6. The molecule has 3 rings (SSSR count). The second-order valence-electron chi connectivity index (χ2n) is 4.88. The van der Waals surface area contributed by atoms with E-state index in [1.165, 1.54) is 24.5 Å². The Hall–Kier alpha value is -3.06. The van der Waals surface area contributed by atoms with Gasteiger partial charge in [-0.25, -0.2) is 4.98 Å². The van der Waals surface area contributed by atoms with E-state index in [-0.39, 0.29) is 5.15 Å². The molecule has 0 atom stereocenters. The number of hydrogen-bond donors (Lipinski definition) is 2. The first kappa shape index (κ1) is 15.8. The van der Waals surface area contributed by atoms with Crippen LogP contribution in [0.2, 0.25) is 5.15 Å². The van der Waals surface area contributed by atoms with Crippen molar-refractivity contribution in [2.24, 2.45) is 0 Å². The predicted octanol–water partition coefficient (Wildman–Crippen LogP) is 2.36. The fourth-order valence-electron chi connectivity index (χ4n) is 2.14. The number of furan rings is 1. The third kappa shape index (κ3) is 3.16. The highest BCUT2D eigenvalue weighted by Gasteiger charge is 2.11. The van der Waals surface area contributed by atoms with Crippen molar-refractivity contribution in [3.8, 4) is 0 Å². The van der Waals surface area contributed by atoms with Gasteiger partial charge in [-0.1, -0.05) is 17.7 Å². The quantitative estimate of drug-likeness (QED) is 0.564. The van der Waals surface area contributed by atoms with Gasteiger partial charge in [0.1, 0.15) is 11.4 Å². The second kappa shape index (κ2) is 6.59. The summed E-state index contributed by atoms with van der Waals surface area (Å²) in [5.74, 6) is -0.503. The molecular weight excluding hydrogens is 332 g/mol. The Labute approximate surface area is 141 Å². The summed E-state index contributed by atoms with van der Waals surface area (Å²) in [6, 6.07) is 6.99. The number of nitrogens with zero attached hydrogens (tertiary/aromatic N) is 2. The summed E-state index contributed by atoms with van der Waals surface area (Å²) in [6.45, 7) is 1.66. The molecule has 7 nitrogen and oxygen atoms in total. The zero-order valence-corrected chi connectivity index (χ0v) is 13.4. The van der Waals surface area contributed by atoms with Gasteiger partial charge in [-0.05, 0) is 31.2 Å². The number of carbonyl (C=O) groups excluding carboxylic acids is 2. The third-order valence-corrected chi connectivity index (χ3v) is 3.60. The van der Waals surface area contributed by atoms with Crippen LogP contribution in [0.1, 0.15) is 21.8 Å². The van der Waals surface area contributed by atoms with Gasteiger partial charge >= 0.3 is 0 Å². The van der Waals surface area contributed by atoms with Crippen molar-refractivity contribution < 1.29 is 14.0 Å². The first-order valence-electron chi connectivity index (χ1n) is 7.01. The van der Waals surface area contributed by atoms with Gasteiger partial charge in [0.15, 0.2) is 5.15 Å². The Morgan fingerprint density at radius 3 is 2.88 bits per heavy atom. The lowest BCUT2D eigenvalue weighted by Gasteiger charge is -2.04. The van der Waals surface area contributed by atoms with Crippen LogP contribution in [-0.4, -0.2) is 21.2 Å². The smallest absolute Gasteiger partial charge is 0.273 e. The standard InChI is InChI=1S/C16H13ClN4O3/c1-10-11(7-9-24-10)16(23)20-19-14(22)6-5-12-15(17)18-13-4-2-3-8-21(12)13/h2-9H,1H3,(H,19,22)(H,20,23)/b6-5+. The van der Waals surface area contributed by atoms with Gasteiger partial charge in [0.05, 0.1) is 17.5 Å². The Balaban J connectivity index is 1.66. The Morgan fingerprint density at radius 2 is 2.12 bits per heavy atom. The normalized spacial score (nSPS) is 11.1. The number of carbonyl (C=O) groups is 2. The largest absolute Gasteiger partial charge is 0.469 e. The number of amides is 2. The van der Waals surface area contributed by atoms with Crippen molar-refractivity contribution in [1.82, 2.24) is 20.2 Å². The summed E-state index contributed by atoms with van der Waals surface area (Å²) in [5.41, 5.74) is 6.18. The summed E-state index contributed by atoms with van der Waals surface area (Å²) in [4.78, 5) is 27.9. The Morgan fingerprint density at radius 1 is 1.29 bits per heavy atom. The van der Waals surface area contributed by atoms with Crippen molar-refractivity contribution in [3.05, 3.63) is 65.0 Å². The van der Waals surface area contributed by atoms with Crippen LogP contribution in [0.25, 0.3) is 11.7 Å². The lowest BCUT2D eigenvalue weighted by molar-refractivity contribution is -0.117. The number of rotatable bonds is 3. The minimum Gasteiger partial charge on any atom is -0.469 e. The lowest BCUT2D eigenvalue weighted by atomic mass is 10.2. The molecule has 3 aromatic rings. The van der Waals surface area contributed by atoms with Gasteiger partial charge in [0.2, 0.25) is 0 Å². The number of aromatic nitrogens is 2. The van der Waals surface area contributed by atoms with Crippen LogP contribution >= 0.6 is 11.6 Å². The molecule has 0 saturated heterocycles. The minimum atomic E-state index is -0.508. The molecule has 0 unspecified atom stereocenters. The van der Waals surface area contributed by atoms with E-state index in [4.69, 9.17) is 16.0 Å². The number of halogens is 1. The van der Waals surface area contributed by atoms with Crippen molar-refractivity contribution in [3.63, 3.8) is 0 Å². The molecule has 2 N–H and O–H groups in total. The summed E-state index contributed by atoms with van der Waals surface area (Å²) >= 11 is 6.07. The van der Waals surface area contributed by atoms with Crippen LogP contribution in [0.5, 0.6) is 0 Å². The van der Waals surface area contributed by atoms with E-state index in [0.717, 1.165) is 0 Å². The molecule has 0 saturated carbocycles. The molecule has 8 heteroatoms. The third-order valence-electron chi connectivity index (χ3n) is 3.32. The molecule has 122 valence electrons. The highest BCUT2D eigenvalue weighted by atomic mass is 35.5. The van der Waals surface area contributed by atoms with Crippen LogP contribution in [0.3, 0.4) is 0 Å². The van der Waals surface area contributed by atoms with E-state index < -0.39 is 11.8 Å². The topological polar surface area (TPSA) is 88.6 Å². The molecule has 0 radical (unpaired) electrons. The van der Waals surface area contributed by atoms with Crippen molar-refractivity contribution in [1.29, 1.82) is 0 Å². The van der Waals surface area contributed by atoms with E-state index in [1.54, 1.807) is 23.6 Å². The van der Waals surface area contributed by atoms with Crippen molar-refractivity contribution >= 4 is 35.1 Å². The Kier molecular flexibility index (Phi) is 4.35. The zero-order chi connectivity index (χ0) is 17.1. The van der Waals surface area contributed by atoms with Crippen LogP contribution < -0.4 is 10.9 Å². The SMILES string of the molecule is Cc1occc1C(=O)NNC(=O)/C=C/c1c(Cl)nc2ccccn12. The number of fused-ring (bicyclic) bond motifs is 1. The van der Waals surface area contributed by atoms with Gasteiger partial charge in [-0.3, -0.25) is 24.8 Å². The highest BCUT2D eigenvalue weighted by Crippen LogP contribution is 2.18. The summed E-state index contributed by atoms with van der Waals surface area (Å²) in [6.07, 6.45) is 5.96. The summed E-state index contributed by atoms with van der Waals surface area (Å²) < 4.78 is 6.78. The summed E-state index contributed by atoms with van der Waals surface area (Å²) in [7, 11) is 0. The molecule has 0 bridgehead atoms. The van der Waals surface area contributed by atoms with E-state index in [1.807, 2.05) is 12.1 Å². The molecule has 0 aliphatic rings. The number of aryl methyl sites for hydroxylation is 1. The predicted molar refractivity (Wildman–Crippen MR) is 88.3 cm³/mol. The number of pyridine rings is 1. The first-order valence-corrected chi connectivity index (χ1v) is 7.39. The molecule has 0 aliphatic carbocycles. The van der Waals surface area contributed by atoms with Gasteiger partial charge in [0, 0.05) is 12.3 Å². The number of hydrogen-bond acceptors (Lipinski definition) is 4. The van der Waals surface area contributed by atoms with E-state index >= 15 is 0 Å². The van der Waals surface area contributed by atoms with Crippen molar-refractivity contribution in [2.75, 3.05) is 0 Å². The van der Waals surface area contributed by atoms with Crippen LogP contribution in [0.4, 0.5) is 0 Å². The summed E-state index contributed by atoms with van der Waals surface area (Å²) in [5, 5.41) is 0.281. The van der Waals surface area contributed by atoms with Gasteiger partial charge in [-0.15, -0.1) is 0 Å². The fraction of sp³-hybridized carbons (Fsp3) is 0.0625. The second-order valence-corrected chi connectivity index (χ2v) is 5.24. The van der Waals surface area contributed by atoms with E-state index in [0.29, 0.717) is 22.7 Å². The maximum absolute atomic E-state index is 11.8. The molecule has 0 aromatic carbocycles. The molecule has 3 heterocycles.